The van der Waals surface area contributed by atoms with Crippen molar-refractivity contribution in [2.75, 3.05) is 0 Å². The Morgan fingerprint density at radius 3 is 2.95 bits per heavy atom. The molecule has 0 spiro atoms. The molecule has 1 aliphatic carbocycles. The highest BCUT2D eigenvalue weighted by Crippen LogP contribution is 2.29. The first-order valence-corrected chi connectivity index (χ1v) is 6.89. The lowest BCUT2D eigenvalue weighted by Gasteiger charge is -2.18. The van der Waals surface area contributed by atoms with Gasteiger partial charge in [-0.1, -0.05) is 11.6 Å². The van der Waals surface area contributed by atoms with Crippen LogP contribution < -0.4 is 0 Å². The van der Waals surface area contributed by atoms with Gasteiger partial charge in [0.15, 0.2) is 0 Å². The molecular formula is C16H21NO3. The van der Waals surface area contributed by atoms with Crippen LogP contribution in [0.4, 0.5) is 0 Å². The fourth-order valence-electron chi connectivity index (χ4n) is 2.30. The molecule has 1 aromatic heterocycles. The summed E-state index contributed by atoms with van der Waals surface area (Å²) in [6.07, 6.45) is 4.61. The number of allylic oxidation sites excluding steroid dienone is 1. The fraction of sp³-hybridized carbons (Fsp3) is 0.500. The van der Waals surface area contributed by atoms with Crippen molar-refractivity contribution in [1.82, 2.24) is 4.98 Å². The van der Waals surface area contributed by atoms with E-state index in [1.54, 1.807) is 12.3 Å². The van der Waals surface area contributed by atoms with Crippen LogP contribution in [0.1, 0.15) is 51.0 Å². The van der Waals surface area contributed by atoms with Crippen LogP contribution in [-0.2, 0) is 16.0 Å². The van der Waals surface area contributed by atoms with E-state index < -0.39 is 11.7 Å². The zero-order chi connectivity index (χ0) is 14.8. The summed E-state index contributed by atoms with van der Waals surface area (Å²) in [5.41, 5.74) is 2.16. The van der Waals surface area contributed by atoms with Crippen molar-refractivity contribution in [3.05, 3.63) is 41.2 Å². The average molecular weight is 275 g/mol. The molecule has 0 saturated heterocycles. The van der Waals surface area contributed by atoms with Crippen LogP contribution in [-0.4, -0.2) is 21.7 Å². The normalized spacial score (nSPS) is 21.2. The van der Waals surface area contributed by atoms with Crippen molar-refractivity contribution in [1.29, 1.82) is 0 Å². The first-order chi connectivity index (χ1) is 9.35. The standard InChI is InChI=1S/C16H21NO3/c1-16(2,3)20-15(19)10-11-6-7-14(18)12-5-4-8-17-13(12)9-11/h4-5,8,10,14,18H,6-7,9H2,1-3H3/b11-10-. The molecule has 1 aromatic rings. The Labute approximate surface area is 119 Å². The Balaban J connectivity index is 2.18. The van der Waals surface area contributed by atoms with Crippen molar-refractivity contribution in [2.45, 2.75) is 51.7 Å². The van der Waals surface area contributed by atoms with E-state index in [0.717, 1.165) is 16.8 Å². The van der Waals surface area contributed by atoms with E-state index in [4.69, 9.17) is 4.74 Å². The number of carbonyl (C=O) groups excluding carboxylic acids is 1. The molecule has 4 heteroatoms. The lowest BCUT2D eigenvalue weighted by molar-refractivity contribution is -0.148. The number of aliphatic hydroxyl groups is 1. The Morgan fingerprint density at radius 2 is 2.25 bits per heavy atom. The quantitative estimate of drug-likeness (QED) is 0.486. The number of aliphatic hydroxyl groups excluding tert-OH is 1. The second-order valence-electron chi connectivity index (χ2n) is 6.11. The van der Waals surface area contributed by atoms with Gasteiger partial charge in [-0.15, -0.1) is 0 Å². The maximum absolute atomic E-state index is 11.9. The van der Waals surface area contributed by atoms with Gasteiger partial charge >= 0.3 is 5.97 Å². The Bertz CT molecular complexity index is 529. The largest absolute Gasteiger partial charge is 0.457 e. The van der Waals surface area contributed by atoms with Gasteiger partial charge in [0.25, 0.3) is 0 Å². The molecule has 4 nitrogen and oxygen atoms in total. The predicted molar refractivity (Wildman–Crippen MR) is 76.1 cm³/mol. The summed E-state index contributed by atoms with van der Waals surface area (Å²) in [5, 5.41) is 10.1. The Hall–Kier alpha value is -1.68. The van der Waals surface area contributed by atoms with Crippen LogP contribution in [0.25, 0.3) is 0 Å². The number of hydrogen-bond donors (Lipinski definition) is 1. The zero-order valence-electron chi connectivity index (χ0n) is 12.2. The van der Waals surface area contributed by atoms with Crippen LogP contribution in [0, 0.1) is 0 Å². The first kappa shape index (κ1) is 14.7. The van der Waals surface area contributed by atoms with E-state index >= 15 is 0 Å². The molecule has 0 aliphatic heterocycles. The van der Waals surface area contributed by atoms with Gasteiger partial charge in [-0.2, -0.15) is 0 Å². The molecule has 2 rings (SSSR count). The van der Waals surface area contributed by atoms with Gasteiger partial charge in [-0.05, 0) is 39.7 Å². The van der Waals surface area contributed by atoms with E-state index in [9.17, 15) is 9.90 Å². The number of pyridine rings is 1. The molecule has 0 radical (unpaired) electrons. The molecule has 0 bridgehead atoms. The topological polar surface area (TPSA) is 59.4 Å². The highest BCUT2D eigenvalue weighted by molar-refractivity contribution is 5.83. The van der Waals surface area contributed by atoms with Crippen LogP contribution >= 0.6 is 0 Å². The highest BCUT2D eigenvalue weighted by Gasteiger charge is 2.21. The zero-order valence-corrected chi connectivity index (χ0v) is 12.2. The van der Waals surface area contributed by atoms with Gasteiger partial charge in [0.2, 0.25) is 0 Å². The minimum atomic E-state index is -0.511. The van der Waals surface area contributed by atoms with Gasteiger partial charge in [-0.25, -0.2) is 4.79 Å². The number of carbonyl (C=O) groups is 1. The van der Waals surface area contributed by atoms with Gasteiger partial charge in [0.1, 0.15) is 5.60 Å². The summed E-state index contributed by atoms with van der Waals surface area (Å²) in [5.74, 6) is -0.332. The molecule has 1 atom stereocenters. The molecule has 1 unspecified atom stereocenters. The van der Waals surface area contributed by atoms with Crippen LogP contribution in [0.3, 0.4) is 0 Å². The van der Waals surface area contributed by atoms with Crippen LogP contribution in [0.2, 0.25) is 0 Å². The van der Waals surface area contributed by atoms with Gasteiger partial charge in [0.05, 0.1) is 11.8 Å². The van der Waals surface area contributed by atoms with E-state index in [0.29, 0.717) is 19.3 Å². The monoisotopic (exact) mass is 275 g/mol. The molecule has 0 saturated carbocycles. The molecule has 1 aliphatic rings. The smallest absolute Gasteiger partial charge is 0.331 e. The average Bonchev–Trinajstić information content (AvgIpc) is 2.47. The SMILES string of the molecule is CC(C)(C)OC(=O)/C=C1/CCC(O)c2cccnc2C1. The third-order valence-electron chi connectivity index (χ3n) is 3.15. The molecule has 108 valence electrons. The van der Waals surface area contributed by atoms with E-state index in [1.807, 2.05) is 32.9 Å². The third-order valence-corrected chi connectivity index (χ3v) is 3.15. The van der Waals surface area contributed by atoms with E-state index in [2.05, 4.69) is 4.98 Å². The Morgan fingerprint density at radius 1 is 1.50 bits per heavy atom. The lowest BCUT2D eigenvalue weighted by atomic mass is 10.1. The Kier molecular flexibility index (Phi) is 4.23. The molecular weight excluding hydrogens is 254 g/mol. The molecule has 20 heavy (non-hydrogen) atoms. The first-order valence-electron chi connectivity index (χ1n) is 6.89. The van der Waals surface area contributed by atoms with E-state index in [1.165, 1.54) is 0 Å². The van der Waals surface area contributed by atoms with Crippen LogP contribution in [0.15, 0.2) is 30.0 Å². The number of ether oxygens (including phenoxy) is 1. The summed E-state index contributed by atoms with van der Waals surface area (Å²) in [7, 11) is 0. The number of nitrogens with zero attached hydrogens (tertiary/aromatic N) is 1. The summed E-state index contributed by atoms with van der Waals surface area (Å²) in [6.45, 7) is 5.53. The summed E-state index contributed by atoms with van der Waals surface area (Å²) < 4.78 is 5.30. The second kappa shape index (κ2) is 5.75. The number of aromatic nitrogens is 1. The van der Waals surface area contributed by atoms with Gasteiger partial charge < -0.3 is 9.84 Å². The van der Waals surface area contributed by atoms with Crippen LogP contribution in [0.5, 0.6) is 0 Å². The molecule has 1 N–H and O–H groups in total. The molecule has 0 aromatic carbocycles. The number of hydrogen-bond acceptors (Lipinski definition) is 4. The van der Waals surface area contributed by atoms with Crippen molar-refractivity contribution >= 4 is 5.97 Å². The van der Waals surface area contributed by atoms with Gasteiger partial charge in [0, 0.05) is 24.3 Å². The van der Waals surface area contributed by atoms with E-state index in [-0.39, 0.29) is 5.97 Å². The van der Waals surface area contributed by atoms with Crippen molar-refractivity contribution in [3.8, 4) is 0 Å². The minimum Gasteiger partial charge on any atom is -0.457 e. The summed E-state index contributed by atoms with van der Waals surface area (Å²) >= 11 is 0. The summed E-state index contributed by atoms with van der Waals surface area (Å²) in [6, 6.07) is 3.72. The fourth-order valence-corrected chi connectivity index (χ4v) is 2.30. The third kappa shape index (κ3) is 3.90. The van der Waals surface area contributed by atoms with Crippen molar-refractivity contribution < 1.29 is 14.6 Å². The van der Waals surface area contributed by atoms with Crippen molar-refractivity contribution in [2.24, 2.45) is 0 Å². The van der Waals surface area contributed by atoms with Gasteiger partial charge in [-0.3, -0.25) is 4.98 Å². The molecule has 0 fully saturated rings. The maximum Gasteiger partial charge on any atom is 0.331 e. The number of fused-ring (bicyclic) bond motifs is 1. The molecule has 0 amide bonds. The number of rotatable bonds is 1. The molecule has 1 heterocycles. The highest BCUT2D eigenvalue weighted by atomic mass is 16.6. The number of esters is 1. The second-order valence-corrected chi connectivity index (χ2v) is 6.11. The lowest BCUT2D eigenvalue weighted by Crippen LogP contribution is -2.22. The minimum absolute atomic E-state index is 0.332. The predicted octanol–water partition coefficient (Wildman–Crippen LogP) is 2.72. The summed E-state index contributed by atoms with van der Waals surface area (Å²) in [4.78, 5) is 16.2. The maximum atomic E-state index is 11.9. The van der Waals surface area contributed by atoms with Crippen molar-refractivity contribution in [3.63, 3.8) is 0 Å².